The minimum absolute atomic E-state index is 0.146. The Morgan fingerprint density at radius 3 is 2.39 bits per heavy atom. The maximum atomic E-state index is 13.0. The average molecular weight is 398 g/mol. The van der Waals surface area contributed by atoms with Crippen LogP contribution in [0, 0.1) is 13.8 Å². The lowest BCUT2D eigenvalue weighted by Crippen LogP contribution is -2.52. The molecule has 2 amide bonds. The molecule has 0 radical (unpaired) electrons. The van der Waals surface area contributed by atoms with Crippen molar-refractivity contribution in [1.82, 2.24) is 4.90 Å². The maximum Gasteiger partial charge on any atom is 0.251 e. The van der Waals surface area contributed by atoms with E-state index in [9.17, 15) is 9.59 Å². The molecule has 0 aliphatic carbocycles. The van der Waals surface area contributed by atoms with Gasteiger partial charge in [0.25, 0.3) is 5.91 Å². The summed E-state index contributed by atoms with van der Waals surface area (Å²) < 4.78 is 0. The Kier molecular flexibility index (Phi) is 5.13. The number of amides is 2. The Hall–Kier alpha value is -2.37. The monoisotopic (exact) mass is 397 g/mol. The number of piperazine rings is 1. The average Bonchev–Trinajstić information content (AvgIpc) is 2.98. The predicted molar refractivity (Wildman–Crippen MR) is 112 cm³/mol. The van der Waals surface area contributed by atoms with Gasteiger partial charge in [0, 0.05) is 36.9 Å². The van der Waals surface area contributed by atoms with Gasteiger partial charge in [-0.15, -0.1) is 0 Å². The minimum atomic E-state index is -0.382. The molecule has 2 saturated heterocycles. The smallest absolute Gasteiger partial charge is 0.251 e. The van der Waals surface area contributed by atoms with Gasteiger partial charge < -0.3 is 4.90 Å². The van der Waals surface area contributed by atoms with E-state index in [1.54, 1.807) is 24.3 Å². The van der Waals surface area contributed by atoms with Crippen LogP contribution < -0.4 is 9.80 Å². The molecule has 2 heterocycles. The maximum absolute atomic E-state index is 13.0. The molecule has 2 aromatic rings. The van der Waals surface area contributed by atoms with Crippen LogP contribution in [0.25, 0.3) is 0 Å². The van der Waals surface area contributed by atoms with E-state index in [4.69, 9.17) is 11.6 Å². The van der Waals surface area contributed by atoms with E-state index in [2.05, 4.69) is 41.8 Å². The van der Waals surface area contributed by atoms with Crippen LogP contribution in [0.5, 0.6) is 0 Å². The quantitative estimate of drug-likeness (QED) is 0.744. The predicted octanol–water partition coefficient (Wildman–Crippen LogP) is 3.41. The van der Waals surface area contributed by atoms with Gasteiger partial charge in [-0.25, -0.2) is 4.90 Å². The standard InChI is InChI=1S/C22H24ClN3O2/c1-15-5-3-8-19(16(15)2)24-9-11-25(12-10-24)20-14-21(27)26(22(20)28)18-7-4-6-17(23)13-18/h3-8,13,20H,9-12,14H2,1-2H3/t20-/m1/s1. The highest BCUT2D eigenvalue weighted by atomic mass is 35.5. The molecule has 0 spiro atoms. The van der Waals surface area contributed by atoms with E-state index in [1.165, 1.54) is 21.7 Å². The molecule has 28 heavy (non-hydrogen) atoms. The fraction of sp³-hybridized carbons (Fsp3) is 0.364. The summed E-state index contributed by atoms with van der Waals surface area (Å²) >= 11 is 6.04. The Labute approximate surface area is 170 Å². The lowest BCUT2D eigenvalue weighted by atomic mass is 10.1. The molecule has 2 fully saturated rings. The van der Waals surface area contributed by atoms with Crippen molar-refractivity contribution in [3.63, 3.8) is 0 Å². The number of carbonyl (C=O) groups excluding carboxylic acids is 2. The van der Waals surface area contributed by atoms with Crippen LogP contribution >= 0.6 is 11.6 Å². The zero-order chi connectivity index (χ0) is 19.8. The third-order valence-corrected chi connectivity index (χ3v) is 6.10. The van der Waals surface area contributed by atoms with Gasteiger partial charge in [-0.05, 0) is 49.2 Å². The van der Waals surface area contributed by atoms with E-state index < -0.39 is 0 Å². The van der Waals surface area contributed by atoms with Crippen LogP contribution in [0.4, 0.5) is 11.4 Å². The number of carbonyl (C=O) groups is 2. The van der Waals surface area contributed by atoms with Crippen molar-refractivity contribution in [3.05, 3.63) is 58.6 Å². The number of halogens is 1. The number of rotatable bonds is 3. The zero-order valence-electron chi connectivity index (χ0n) is 16.2. The molecule has 0 saturated carbocycles. The van der Waals surface area contributed by atoms with Crippen molar-refractivity contribution in [2.24, 2.45) is 0 Å². The number of aryl methyl sites for hydroxylation is 1. The van der Waals surface area contributed by atoms with Crippen LogP contribution in [0.1, 0.15) is 17.5 Å². The zero-order valence-corrected chi connectivity index (χ0v) is 16.9. The first-order chi connectivity index (χ1) is 13.5. The highest BCUT2D eigenvalue weighted by Gasteiger charge is 2.43. The van der Waals surface area contributed by atoms with E-state index in [0.29, 0.717) is 10.7 Å². The first kappa shape index (κ1) is 19.0. The van der Waals surface area contributed by atoms with Gasteiger partial charge in [-0.2, -0.15) is 0 Å². The van der Waals surface area contributed by atoms with Crippen LogP contribution in [0.2, 0.25) is 5.02 Å². The molecule has 0 unspecified atom stereocenters. The van der Waals surface area contributed by atoms with E-state index >= 15 is 0 Å². The molecule has 4 rings (SSSR count). The van der Waals surface area contributed by atoms with Crippen LogP contribution in [-0.2, 0) is 9.59 Å². The van der Waals surface area contributed by atoms with Gasteiger partial charge in [-0.3, -0.25) is 14.5 Å². The summed E-state index contributed by atoms with van der Waals surface area (Å²) in [7, 11) is 0. The Balaban J connectivity index is 1.46. The molecule has 0 aromatic heterocycles. The summed E-state index contributed by atoms with van der Waals surface area (Å²) in [6, 6.07) is 12.9. The molecule has 0 bridgehead atoms. The normalized spacial score (nSPS) is 20.9. The summed E-state index contributed by atoms with van der Waals surface area (Å²) in [6.45, 7) is 7.50. The van der Waals surface area contributed by atoms with Crippen molar-refractivity contribution in [2.75, 3.05) is 36.0 Å². The molecule has 5 nitrogen and oxygen atoms in total. The third-order valence-electron chi connectivity index (χ3n) is 5.86. The molecule has 2 aromatic carbocycles. The van der Waals surface area contributed by atoms with Gasteiger partial charge in [-0.1, -0.05) is 29.8 Å². The Morgan fingerprint density at radius 1 is 0.964 bits per heavy atom. The van der Waals surface area contributed by atoms with Crippen molar-refractivity contribution in [2.45, 2.75) is 26.3 Å². The molecule has 6 heteroatoms. The molecule has 146 valence electrons. The lowest BCUT2D eigenvalue weighted by molar-refractivity contribution is -0.123. The fourth-order valence-corrected chi connectivity index (χ4v) is 4.32. The number of hydrogen-bond acceptors (Lipinski definition) is 4. The fourth-order valence-electron chi connectivity index (χ4n) is 4.14. The molecule has 1 atom stereocenters. The van der Waals surface area contributed by atoms with Gasteiger partial charge in [0.05, 0.1) is 18.2 Å². The third kappa shape index (κ3) is 3.40. The summed E-state index contributed by atoms with van der Waals surface area (Å²) in [5.41, 5.74) is 4.40. The highest BCUT2D eigenvalue weighted by Crippen LogP contribution is 2.29. The number of hydrogen-bond donors (Lipinski definition) is 0. The van der Waals surface area contributed by atoms with E-state index in [1.807, 2.05) is 0 Å². The minimum Gasteiger partial charge on any atom is -0.369 e. The summed E-state index contributed by atoms with van der Waals surface area (Å²) in [4.78, 5) is 31.3. The van der Waals surface area contributed by atoms with Gasteiger partial charge in [0.2, 0.25) is 5.91 Å². The second-order valence-corrected chi connectivity index (χ2v) is 7.95. The number of imide groups is 1. The van der Waals surface area contributed by atoms with Crippen molar-refractivity contribution < 1.29 is 9.59 Å². The topological polar surface area (TPSA) is 43.9 Å². The Bertz CT molecular complexity index is 922. The molecule has 2 aliphatic rings. The van der Waals surface area contributed by atoms with Crippen LogP contribution in [0.3, 0.4) is 0 Å². The molecule has 0 N–H and O–H groups in total. The van der Waals surface area contributed by atoms with Crippen LogP contribution in [-0.4, -0.2) is 48.9 Å². The van der Waals surface area contributed by atoms with Gasteiger partial charge >= 0.3 is 0 Å². The largest absolute Gasteiger partial charge is 0.369 e. The van der Waals surface area contributed by atoms with E-state index in [0.717, 1.165) is 26.2 Å². The van der Waals surface area contributed by atoms with Crippen molar-refractivity contribution >= 4 is 34.8 Å². The summed E-state index contributed by atoms with van der Waals surface area (Å²) in [5.74, 6) is -0.304. The number of nitrogens with zero attached hydrogens (tertiary/aromatic N) is 3. The van der Waals surface area contributed by atoms with Crippen molar-refractivity contribution in [1.29, 1.82) is 0 Å². The summed E-state index contributed by atoms with van der Waals surface area (Å²) in [6.07, 6.45) is 0.231. The number of anilines is 2. The van der Waals surface area contributed by atoms with Gasteiger partial charge in [0.1, 0.15) is 0 Å². The first-order valence-corrected chi connectivity index (χ1v) is 10.0. The first-order valence-electron chi connectivity index (χ1n) is 9.63. The lowest BCUT2D eigenvalue weighted by Gasteiger charge is -2.38. The molecular weight excluding hydrogens is 374 g/mol. The van der Waals surface area contributed by atoms with Crippen LogP contribution in [0.15, 0.2) is 42.5 Å². The van der Waals surface area contributed by atoms with E-state index in [-0.39, 0.29) is 24.3 Å². The number of benzene rings is 2. The van der Waals surface area contributed by atoms with Gasteiger partial charge in [0.15, 0.2) is 0 Å². The second kappa shape index (κ2) is 7.57. The van der Waals surface area contributed by atoms with Crippen molar-refractivity contribution in [3.8, 4) is 0 Å². The summed E-state index contributed by atoms with van der Waals surface area (Å²) in [5, 5.41) is 0.517. The Morgan fingerprint density at radius 2 is 1.68 bits per heavy atom. The second-order valence-electron chi connectivity index (χ2n) is 7.51. The highest BCUT2D eigenvalue weighted by molar-refractivity contribution is 6.31. The molecular formula is C22H24ClN3O2. The molecule has 2 aliphatic heterocycles. The SMILES string of the molecule is Cc1cccc(N2CCN([C@@H]3CC(=O)N(c4cccc(Cl)c4)C3=O)CC2)c1C.